The van der Waals surface area contributed by atoms with E-state index >= 15 is 0 Å². The quantitative estimate of drug-likeness (QED) is 0.738. The number of benzene rings is 1. The zero-order chi connectivity index (χ0) is 13.8. The Morgan fingerprint density at radius 2 is 1.94 bits per heavy atom. The highest BCUT2D eigenvalue weighted by molar-refractivity contribution is 9.11. The molecule has 0 spiro atoms. The van der Waals surface area contributed by atoms with Crippen molar-refractivity contribution >= 4 is 41.9 Å². The molecule has 0 saturated heterocycles. The maximum Gasteiger partial charge on any atom is 0.241 e. The monoisotopic (exact) mass is 397 g/mol. The molecule has 0 aromatic heterocycles. The van der Waals surface area contributed by atoms with Crippen molar-refractivity contribution in [1.29, 1.82) is 0 Å². The minimum absolute atomic E-state index is 0.273. The molecule has 1 aromatic rings. The Morgan fingerprint density at radius 3 is 2.50 bits per heavy atom. The largest absolute Gasteiger partial charge is 0.241 e. The first kappa shape index (κ1) is 16.1. The Kier molecular flexibility index (Phi) is 6.30. The fourth-order valence-corrected chi connectivity index (χ4v) is 4.31. The van der Waals surface area contributed by atoms with Gasteiger partial charge in [0.05, 0.1) is 4.90 Å². The molecule has 18 heavy (non-hydrogen) atoms. The van der Waals surface area contributed by atoms with Gasteiger partial charge in [-0.2, -0.15) is 0 Å². The van der Waals surface area contributed by atoms with Crippen molar-refractivity contribution in [3.05, 3.63) is 27.1 Å². The molecular formula is C12H17Br2NO2S. The molecule has 0 saturated carbocycles. The topological polar surface area (TPSA) is 46.2 Å². The van der Waals surface area contributed by atoms with Crippen LogP contribution in [0.15, 0.2) is 32.0 Å². The van der Waals surface area contributed by atoms with Crippen molar-refractivity contribution < 1.29 is 8.42 Å². The number of halogens is 2. The van der Waals surface area contributed by atoms with E-state index < -0.39 is 10.0 Å². The summed E-state index contributed by atoms with van der Waals surface area (Å²) in [5.41, 5.74) is 0. The van der Waals surface area contributed by atoms with E-state index in [1.165, 1.54) is 0 Å². The molecule has 0 radical (unpaired) electrons. The lowest BCUT2D eigenvalue weighted by Gasteiger charge is -2.09. The third-order valence-corrected chi connectivity index (χ3v) is 5.36. The molecule has 0 unspecified atom stereocenters. The Hall–Kier alpha value is 0.0900. The molecule has 0 aliphatic carbocycles. The van der Waals surface area contributed by atoms with Gasteiger partial charge in [-0.1, -0.05) is 29.8 Å². The number of hydrogen-bond donors (Lipinski definition) is 1. The van der Waals surface area contributed by atoms with Crippen molar-refractivity contribution in [1.82, 2.24) is 4.72 Å². The fourth-order valence-electron chi connectivity index (χ4n) is 1.49. The molecule has 0 aliphatic heterocycles. The summed E-state index contributed by atoms with van der Waals surface area (Å²) in [6.07, 6.45) is 1.87. The van der Waals surface area contributed by atoms with Crippen molar-refractivity contribution in [2.45, 2.75) is 31.6 Å². The molecule has 0 heterocycles. The Balaban J connectivity index is 2.69. The Labute approximate surface area is 126 Å². The van der Waals surface area contributed by atoms with Gasteiger partial charge in [0.25, 0.3) is 0 Å². The van der Waals surface area contributed by atoms with Crippen LogP contribution in [-0.2, 0) is 10.0 Å². The molecule has 1 aromatic carbocycles. The SMILES string of the molecule is CC(C)CCCNS(=O)(=O)c1ccc(Br)cc1Br. The van der Waals surface area contributed by atoms with Crippen LogP contribution in [0.4, 0.5) is 0 Å². The highest BCUT2D eigenvalue weighted by Gasteiger charge is 2.16. The number of rotatable bonds is 6. The Bertz CT molecular complexity index is 501. The van der Waals surface area contributed by atoms with E-state index in [4.69, 9.17) is 0 Å². The average molecular weight is 399 g/mol. The smallest absolute Gasteiger partial charge is 0.211 e. The van der Waals surface area contributed by atoms with E-state index in [9.17, 15) is 8.42 Å². The van der Waals surface area contributed by atoms with Gasteiger partial charge in [-0.25, -0.2) is 13.1 Å². The van der Waals surface area contributed by atoms with E-state index in [2.05, 4.69) is 50.4 Å². The fraction of sp³-hybridized carbons (Fsp3) is 0.500. The summed E-state index contributed by atoms with van der Waals surface area (Å²) >= 11 is 6.56. The summed E-state index contributed by atoms with van der Waals surface area (Å²) in [6.45, 7) is 4.72. The lowest BCUT2D eigenvalue weighted by molar-refractivity contribution is 0.539. The summed E-state index contributed by atoms with van der Waals surface area (Å²) < 4.78 is 28.1. The van der Waals surface area contributed by atoms with Gasteiger partial charge < -0.3 is 0 Å². The predicted molar refractivity (Wildman–Crippen MR) is 81.1 cm³/mol. The third kappa shape index (κ3) is 4.99. The van der Waals surface area contributed by atoms with Crippen LogP contribution in [0.5, 0.6) is 0 Å². The number of hydrogen-bond acceptors (Lipinski definition) is 2. The van der Waals surface area contributed by atoms with E-state index in [1.54, 1.807) is 18.2 Å². The lowest BCUT2D eigenvalue weighted by Crippen LogP contribution is -2.25. The van der Waals surface area contributed by atoms with Crippen LogP contribution in [0.2, 0.25) is 0 Å². The van der Waals surface area contributed by atoms with Crippen molar-refractivity contribution in [3.63, 3.8) is 0 Å². The Morgan fingerprint density at radius 1 is 1.28 bits per heavy atom. The van der Waals surface area contributed by atoms with Crippen LogP contribution in [0.3, 0.4) is 0 Å². The van der Waals surface area contributed by atoms with Crippen LogP contribution in [-0.4, -0.2) is 15.0 Å². The second-order valence-electron chi connectivity index (χ2n) is 4.51. The third-order valence-electron chi connectivity index (χ3n) is 2.43. The molecule has 102 valence electrons. The predicted octanol–water partition coefficient (Wildman–Crippen LogP) is 3.93. The molecule has 0 bridgehead atoms. The summed E-state index contributed by atoms with van der Waals surface area (Å²) in [5, 5.41) is 0. The van der Waals surface area contributed by atoms with Crippen LogP contribution < -0.4 is 4.72 Å². The molecule has 0 aliphatic rings. The average Bonchev–Trinajstić information content (AvgIpc) is 2.23. The van der Waals surface area contributed by atoms with Gasteiger partial charge in [0.2, 0.25) is 10.0 Å². The summed E-state index contributed by atoms with van der Waals surface area (Å²) in [7, 11) is -3.42. The molecule has 0 amide bonds. The molecule has 1 N–H and O–H groups in total. The minimum atomic E-state index is -3.42. The van der Waals surface area contributed by atoms with Gasteiger partial charge in [0.1, 0.15) is 0 Å². The van der Waals surface area contributed by atoms with Gasteiger partial charge in [-0.3, -0.25) is 0 Å². The molecule has 0 fully saturated rings. The maximum atomic E-state index is 12.1. The van der Waals surface area contributed by atoms with Gasteiger partial charge >= 0.3 is 0 Å². The van der Waals surface area contributed by atoms with Gasteiger partial charge in [-0.05, 0) is 52.9 Å². The second-order valence-corrected chi connectivity index (χ2v) is 8.01. The standard InChI is InChI=1S/C12H17Br2NO2S/c1-9(2)4-3-7-15-18(16,17)12-6-5-10(13)8-11(12)14/h5-6,8-9,15H,3-4,7H2,1-2H3. The maximum absolute atomic E-state index is 12.1. The lowest BCUT2D eigenvalue weighted by atomic mass is 10.1. The van der Waals surface area contributed by atoms with E-state index in [0.717, 1.165) is 17.3 Å². The summed E-state index contributed by atoms with van der Waals surface area (Å²) in [4.78, 5) is 0.273. The van der Waals surface area contributed by atoms with Gasteiger partial charge in [-0.15, -0.1) is 0 Å². The van der Waals surface area contributed by atoms with Crippen molar-refractivity contribution in [3.8, 4) is 0 Å². The zero-order valence-electron chi connectivity index (χ0n) is 10.4. The highest BCUT2D eigenvalue weighted by atomic mass is 79.9. The van der Waals surface area contributed by atoms with Gasteiger partial charge in [0.15, 0.2) is 0 Å². The summed E-state index contributed by atoms with van der Waals surface area (Å²) in [6, 6.07) is 5.02. The van der Waals surface area contributed by atoms with Gasteiger partial charge in [0, 0.05) is 15.5 Å². The zero-order valence-corrected chi connectivity index (χ0v) is 14.4. The van der Waals surface area contributed by atoms with Crippen LogP contribution in [0.25, 0.3) is 0 Å². The minimum Gasteiger partial charge on any atom is -0.211 e. The normalized spacial score (nSPS) is 12.1. The first-order valence-electron chi connectivity index (χ1n) is 5.77. The summed E-state index contributed by atoms with van der Waals surface area (Å²) in [5.74, 6) is 0.592. The molecule has 6 heteroatoms. The molecule has 0 atom stereocenters. The number of sulfonamides is 1. The number of nitrogens with one attached hydrogen (secondary N) is 1. The van der Waals surface area contributed by atoms with Crippen LogP contribution in [0.1, 0.15) is 26.7 Å². The molecular weight excluding hydrogens is 382 g/mol. The highest BCUT2D eigenvalue weighted by Crippen LogP contribution is 2.25. The molecule has 1 rings (SSSR count). The van der Waals surface area contributed by atoms with E-state index in [0.29, 0.717) is 16.9 Å². The van der Waals surface area contributed by atoms with Crippen molar-refractivity contribution in [2.24, 2.45) is 5.92 Å². The van der Waals surface area contributed by atoms with Crippen LogP contribution >= 0.6 is 31.9 Å². The first-order valence-corrected chi connectivity index (χ1v) is 8.84. The van der Waals surface area contributed by atoms with E-state index in [1.807, 2.05) is 0 Å². The van der Waals surface area contributed by atoms with Crippen molar-refractivity contribution in [2.75, 3.05) is 6.54 Å². The second kappa shape index (κ2) is 7.03. The molecule has 3 nitrogen and oxygen atoms in total. The van der Waals surface area contributed by atoms with Crippen LogP contribution in [0, 0.1) is 5.92 Å². The first-order chi connectivity index (χ1) is 8.33. The van der Waals surface area contributed by atoms with E-state index in [-0.39, 0.29) is 4.90 Å².